The smallest absolute Gasteiger partial charge is 0.163 e. The van der Waals surface area contributed by atoms with Gasteiger partial charge in [0.2, 0.25) is 0 Å². The van der Waals surface area contributed by atoms with E-state index in [1.165, 1.54) is 13.3 Å². The molecule has 3 aromatic rings. The van der Waals surface area contributed by atoms with E-state index >= 15 is 0 Å². The second kappa shape index (κ2) is 18.8. The third-order valence-corrected chi connectivity index (χ3v) is 7.19. The van der Waals surface area contributed by atoms with Crippen LogP contribution < -0.4 is 19.5 Å². The van der Waals surface area contributed by atoms with Crippen LogP contribution in [-0.4, -0.2) is 78.7 Å². The Morgan fingerprint density at radius 1 is 0.756 bits per heavy atom. The van der Waals surface area contributed by atoms with Gasteiger partial charge in [-0.15, -0.1) is 0 Å². The van der Waals surface area contributed by atoms with E-state index < -0.39 is 0 Å². The third kappa shape index (κ3) is 12.0. The van der Waals surface area contributed by atoms with E-state index in [0.717, 1.165) is 13.0 Å². The highest BCUT2D eigenvalue weighted by Gasteiger charge is 2.17. The Kier molecular flexibility index (Phi) is 15.2. The molecule has 0 aliphatic carbocycles. The van der Waals surface area contributed by atoms with Gasteiger partial charge in [-0.2, -0.15) is 5.26 Å². The molecular formula is C33H43Cl2N3O7. The molecule has 0 saturated heterocycles. The molecule has 0 radical (unpaired) electrons. The van der Waals surface area contributed by atoms with E-state index in [1.807, 2.05) is 0 Å². The number of hydrogen-bond acceptors (Lipinski definition) is 10. The van der Waals surface area contributed by atoms with Crippen LogP contribution in [0, 0.1) is 16.7 Å². The molecule has 0 bridgehead atoms. The molecule has 0 atom stereocenters. The van der Waals surface area contributed by atoms with Crippen molar-refractivity contribution in [1.82, 2.24) is 4.98 Å². The highest BCUT2D eigenvalue weighted by Crippen LogP contribution is 2.40. The fourth-order valence-electron chi connectivity index (χ4n) is 4.09. The lowest BCUT2D eigenvalue weighted by Crippen LogP contribution is -2.14. The van der Waals surface area contributed by atoms with Crippen molar-refractivity contribution in [1.29, 1.82) is 5.26 Å². The van der Waals surface area contributed by atoms with E-state index in [0.29, 0.717) is 114 Å². The van der Waals surface area contributed by atoms with E-state index in [-0.39, 0.29) is 5.41 Å². The lowest BCUT2D eigenvalue weighted by Gasteiger charge is -2.17. The summed E-state index contributed by atoms with van der Waals surface area (Å²) in [6, 6.07) is 8.98. The SMILES string of the molecule is COc1cc(Nc2c(C#N)cnc3cc(OCCCOCCOCCOCCOCCC(C)(C)C)c(OC)cc23)c(Cl)cc1Cl. The van der Waals surface area contributed by atoms with Crippen molar-refractivity contribution in [3.05, 3.63) is 46.1 Å². The highest BCUT2D eigenvalue weighted by molar-refractivity contribution is 6.37. The molecule has 0 aliphatic heterocycles. The summed E-state index contributed by atoms with van der Waals surface area (Å²) in [6.07, 6.45) is 3.19. The first kappa shape index (κ1) is 36.4. The third-order valence-electron chi connectivity index (χ3n) is 6.58. The van der Waals surface area contributed by atoms with Crippen LogP contribution >= 0.6 is 23.2 Å². The number of pyridine rings is 1. The summed E-state index contributed by atoms with van der Waals surface area (Å²) in [5.41, 5.74) is 2.25. The lowest BCUT2D eigenvalue weighted by atomic mass is 9.93. The van der Waals surface area contributed by atoms with Crippen LogP contribution in [-0.2, 0) is 18.9 Å². The summed E-state index contributed by atoms with van der Waals surface area (Å²) in [4.78, 5) is 4.46. The standard InChI is InChI=1S/C33H43Cl2N3O7/c1-33(2,3)7-10-42-12-14-44-16-15-43-13-11-41-8-6-9-45-31-19-27-24(17-30(31)40-5)32(23(21-36)22-37-27)38-28-20-29(39-4)26(35)18-25(28)34/h17-20,22H,6-16H2,1-5H3,(H,37,38). The molecule has 1 N–H and O–H groups in total. The summed E-state index contributed by atoms with van der Waals surface area (Å²) < 4.78 is 39.2. The minimum atomic E-state index is 0.284. The number of fused-ring (bicyclic) bond motifs is 1. The van der Waals surface area contributed by atoms with Crippen LogP contribution in [0.1, 0.15) is 39.2 Å². The number of methoxy groups -OCH3 is 2. The minimum Gasteiger partial charge on any atom is -0.495 e. The molecular weight excluding hydrogens is 621 g/mol. The summed E-state index contributed by atoms with van der Waals surface area (Å²) >= 11 is 12.6. The fraction of sp³-hybridized carbons (Fsp3) is 0.515. The largest absolute Gasteiger partial charge is 0.495 e. The number of halogens is 2. The van der Waals surface area contributed by atoms with Crippen LogP contribution in [0.5, 0.6) is 17.2 Å². The fourth-order valence-corrected chi connectivity index (χ4v) is 4.60. The number of aromatic nitrogens is 1. The number of benzene rings is 2. The van der Waals surface area contributed by atoms with Gasteiger partial charge in [0.1, 0.15) is 11.8 Å². The van der Waals surface area contributed by atoms with Gasteiger partial charge in [-0.05, 0) is 24.0 Å². The second-order valence-electron chi connectivity index (χ2n) is 11.2. The van der Waals surface area contributed by atoms with Gasteiger partial charge in [0.15, 0.2) is 11.5 Å². The molecule has 0 aliphatic rings. The number of nitrogens with one attached hydrogen (secondary N) is 1. The Morgan fingerprint density at radius 3 is 1.98 bits per heavy atom. The summed E-state index contributed by atoms with van der Waals surface area (Å²) in [7, 11) is 3.07. The highest BCUT2D eigenvalue weighted by atomic mass is 35.5. The Hall–Kier alpha value is -3.04. The molecule has 12 heteroatoms. The molecule has 45 heavy (non-hydrogen) atoms. The van der Waals surface area contributed by atoms with Crippen LogP contribution in [0.2, 0.25) is 10.0 Å². The van der Waals surface area contributed by atoms with Crippen molar-refractivity contribution in [3.63, 3.8) is 0 Å². The van der Waals surface area contributed by atoms with Gasteiger partial charge in [0, 0.05) is 43.4 Å². The number of nitrogens with zero attached hydrogens (tertiary/aromatic N) is 2. The average molecular weight is 665 g/mol. The monoisotopic (exact) mass is 663 g/mol. The molecule has 1 heterocycles. The normalized spacial score (nSPS) is 11.4. The van der Waals surface area contributed by atoms with Crippen molar-refractivity contribution in [2.24, 2.45) is 5.41 Å². The zero-order valence-electron chi connectivity index (χ0n) is 26.7. The van der Waals surface area contributed by atoms with Crippen LogP contribution in [0.25, 0.3) is 10.9 Å². The van der Waals surface area contributed by atoms with Crippen molar-refractivity contribution in [2.45, 2.75) is 33.6 Å². The van der Waals surface area contributed by atoms with Crippen LogP contribution in [0.4, 0.5) is 11.4 Å². The number of nitriles is 1. The first-order valence-electron chi connectivity index (χ1n) is 14.8. The Labute approximate surface area is 275 Å². The molecule has 0 unspecified atom stereocenters. The first-order valence-corrected chi connectivity index (χ1v) is 15.6. The zero-order valence-corrected chi connectivity index (χ0v) is 28.2. The van der Waals surface area contributed by atoms with E-state index in [1.54, 1.807) is 31.4 Å². The summed E-state index contributed by atoms with van der Waals surface area (Å²) in [6.45, 7) is 11.5. The van der Waals surface area contributed by atoms with Gasteiger partial charge in [0.25, 0.3) is 0 Å². The maximum atomic E-state index is 9.78. The number of rotatable bonds is 20. The molecule has 0 amide bonds. The summed E-state index contributed by atoms with van der Waals surface area (Å²) in [5, 5.41) is 14.4. The van der Waals surface area contributed by atoms with Crippen molar-refractivity contribution < 1.29 is 33.2 Å². The van der Waals surface area contributed by atoms with Crippen molar-refractivity contribution >= 4 is 45.5 Å². The van der Waals surface area contributed by atoms with Crippen molar-refractivity contribution in [2.75, 3.05) is 79.0 Å². The molecule has 0 spiro atoms. The summed E-state index contributed by atoms with van der Waals surface area (Å²) in [5.74, 6) is 1.47. The van der Waals surface area contributed by atoms with Gasteiger partial charge >= 0.3 is 0 Å². The average Bonchev–Trinajstić information content (AvgIpc) is 3.01. The number of ether oxygens (including phenoxy) is 7. The first-order chi connectivity index (χ1) is 21.7. The van der Waals surface area contributed by atoms with Gasteiger partial charge in [-0.1, -0.05) is 44.0 Å². The molecule has 2 aromatic carbocycles. The number of hydrogen-bond donors (Lipinski definition) is 1. The topological polar surface area (TPSA) is 113 Å². The molecule has 1 aromatic heterocycles. The van der Waals surface area contributed by atoms with E-state index in [2.05, 4.69) is 37.1 Å². The lowest BCUT2D eigenvalue weighted by molar-refractivity contribution is -0.00487. The van der Waals surface area contributed by atoms with Crippen LogP contribution in [0.3, 0.4) is 0 Å². The zero-order chi connectivity index (χ0) is 32.7. The molecule has 0 fully saturated rings. The van der Waals surface area contributed by atoms with Gasteiger partial charge < -0.3 is 38.5 Å². The predicted octanol–water partition coefficient (Wildman–Crippen LogP) is 7.45. The molecule has 10 nitrogen and oxygen atoms in total. The predicted molar refractivity (Wildman–Crippen MR) is 177 cm³/mol. The molecule has 3 rings (SSSR count). The molecule has 246 valence electrons. The van der Waals surface area contributed by atoms with Gasteiger partial charge in [-0.3, -0.25) is 4.98 Å². The Balaban J connectivity index is 1.42. The Morgan fingerprint density at radius 2 is 1.38 bits per heavy atom. The maximum Gasteiger partial charge on any atom is 0.163 e. The second-order valence-corrected chi connectivity index (χ2v) is 12.0. The van der Waals surface area contributed by atoms with Crippen LogP contribution in [0.15, 0.2) is 30.5 Å². The van der Waals surface area contributed by atoms with E-state index in [9.17, 15) is 5.26 Å². The van der Waals surface area contributed by atoms with Crippen molar-refractivity contribution in [3.8, 4) is 23.3 Å². The van der Waals surface area contributed by atoms with Gasteiger partial charge in [0.05, 0.1) is 93.0 Å². The number of anilines is 2. The van der Waals surface area contributed by atoms with E-state index in [4.69, 9.17) is 56.4 Å². The maximum absolute atomic E-state index is 9.78. The molecule has 0 saturated carbocycles. The minimum absolute atomic E-state index is 0.284. The Bertz CT molecular complexity index is 1410. The quantitative estimate of drug-likeness (QED) is 0.122. The van der Waals surface area contributed by atoms with Gasteiger partial charge in [-0.25, -0.2) is 0 Å².